The molecule has 7 heteroatoms. The number of ether oxygens (including phenoxy) is 3. The van der Waals surface area contributed by atoms with Crippen molar-refractivity contribution in [2.45, 2.75) is 39.5 Å². The number of benzene rings is 1. The highest BCUT2D eigenvalue weighted by Crippen LogP contribution is 2.33. The first-order valence-corrected chi connectivity index (χ1v) is 9.11. The van der Waals surface area contributed by atoms with Gasteiger partial charge in [0.05, 0.1) is 25.7 Å². The Balaban J connectivity index is 1.92. The highest BCUT2D eigenvalue weighted by molar-refractivity contribution is 5.88. The Morgan fingerprint density at radius 3 is 2.50 bits per heavy atom. The van der Waals surface area contributed by atoms with Gasteiger partial charge in [0.2, 0.25) is 5.82 Å². The zero-order chi connectivity index (χ0) is 20.7. The molecular formula is C21H25FO6. The summed E-state index contributed by atoms with van der Waals surface area (Å²) in [7, 11) is 1.49. The molecule has 2 aromatic rings. The van der Waals surface area contributed by atoms with Crippen LogP contribution in [0.1, 0.15) is 38.2 Å². The van der Waals surface area contributed by atoms with Gasteiger partial charge in [0.1, 0.15) is 17.1 Å². The van der Waals surface area contributed by atoms with E-state index in [1.165, 1.54) is 20.1 Å². The van der Waals surface area contributed by atoms with Gasteiger partial charge in [0.15, 0.2) is 0 Å². The lowest BCUT2D eigenvalue weighted by molar-refractivity contribution is -0.139. The van der Waals surface area contributed by atoms with E-state index in [-0.39, 0.29) is 17.1 Å². The first-order valence-electron chi connectivity index (χ1n) is 9.11. The Morgan fingerprint density at radius 2 is 1.86 bits per heavy atom. The molecule has 152 valence electrons. The predicted octanol–water partition coefficient (Wildman–Crippen LogP) is 4.31. The molecule has 1 aromatic heterocycles. The van der Waals surface area contributed by atoms with Crippen molar-refractivity contribution in [3.63, 3.8) is 0 Å². The number of hydrogen-bond acceptors (Lipinski definition) is 6. The van der Waals surface area contributed by atoms with Crippen molar-refractivity contribution < 1.29 is 27.8 Å². The molecular weight excluding hydrogens is 367 g/mol. The third kappa shape index (κ3) is 5.34. The van der Waals surface area contributed by atoms with E-state index in [1.807, 2.05) is 0 Å². The minimum atomic E-state index is -1.02. The van der Waals surface area contributed by atoms with E-state index in [4.69, 9.17) is 18.6 Å². The number of methoxy groups -OCH3 is 1. The van der Waals surface area contributed by atoms with E-state index in [2.05, 4.69) is 6.58 Å². The number of aryl methyl sites for hydroxylation is 1. The highest BCUT2D eigenvalue weighted by Gasteiger charge is 2.16. The largest absolute Gasteiger partial charge is 0.496 e. The van der Waals surface area contributed by atoms with Crippen molar-refractivity contribution in [2.24, 2.45) is 0 Å². The summed E-state index contributed by atoms with van der Waals surface area (Å²) in [6, 6.07) is 3.17. The molecule has 0 saturated carbocycles. The Labute approximate surface area is 162 Å². The summed E-state index contributed by atoms with van der Waals surface area (Å²) >= 11 is 0. The molecule has 1 heterocycles. The van der Waals surface area contributed by atoms with Gasteiger partial charge >= 0.3 is 11.6 Å². The second-order valence-corrected chi connectivity index (χ2v) is 6.51. The molecule has 0 aliphatic carbocycles. The van der Waals surface area contributed by atoms with Crippen LogP contribution in [0.2, 0.25) is 0 Å². The quantitative estimate of drug-likeness (QED) is 0.260. The van der Waals surface area contributed by atoms with Crippen molar-refractivity contribution in [3.05, 3.63) is 46.1 Å². The molecule has 0 aliphatic heterocycles. The van der Waals surface area contributed by atoms with Gasteiger partial charge in [-0.1, -0.05) is 6.58 Å². The lowest BCUT2D eigenvalue weighted by atomic mass is 10.1. The summed E-state index contributed by atoms with van der Waals surface area (Å²) in [5, 5.41) is 0.421. The number of unbranched alkanes of at least 4 members (excludes halogenated alkanes) is 3. The standard InChI is InChI=1S/C21H25FO6/c1-13(2)20(23)27-10-8-6-5-7-9-26-16-11-15(25-4)12-17-18(16)14(3)19(22)21(24)28-17/h11-12H,1,5-10H2,2-4H3. The predicted molar refractivity (Wildman–Crippen MR) is 103 cm³/mol. The molecule has 2 rings (SSSR count). The van der Waals surface area contributed by atoms with Crippen LogP contribution in [0.15, 0.2) is 33.5 Å². The van der Waals surface area contributed by atoms with E-state index in [9.17, 15) is 14.0 Å². The molecule has 0 spiro atoms. The van der Waals surface area contributed by atoms with Gasteiger partial charge in [-0.3, -0.25) is 0 Å². The monoisotopic (exact) mass is 392 g/mol. The molecule has 0 bridgehead atoms. The smallest absolute Gasteiger partial charge is 0.372 e. The van der Waals surface area contributed by atoms with Crippen molar-refractivity contribution in [2.75, 3.05) is 20.3 Å². The van der Waals surface area contributed by atoms with Crippen molar-refractivity contribution in [1.29, 1.82) is 0 Å². The minimum Gasteiger partial charge on any atom is -0.496 e. The summed E-state index contributed by atoms with van der Waals surface area (Å²) < 4.78 is 35.0. The van der Waals surface area contributed by atoms with Crippen LogP contribution in [-0.2, 0) is 9.53 Å². The fourth-order valence-electron chi connectivity index (χ4n) is 2.68. The van der Waals surface area contributed by atoms with E-state index < -0.39 is 11.4 Å². The Morgan fingerprint density at radius 1 is 1.18 bits per heavy atom. The van der Waals surface area contributed by atoms with Crippen LogP contribution in [0.25, 0.3) is 11.0 Å². The Kier molecular flexibility index (Phi) is 7.61. The SMILES string of the molecule is C=C(C)C(=O)OCCCCCCOc1cc(OC)cc2oc(=O)c(F)c(C)c12. The number of rotatable bonds is 10. The number of esters is 1. The topological polar surface area (TPSA) is 75.0 Å². The summed E-state index contributed by atoms with van der Waals surface area (Å²) in [6.45, 7) is 7.43. The Hall–Kier alpha value is -2.83. The summed E-state index contributed by atoms with van der Waals surface area (Å²) in [5.74, 6) is -0.435. The first-order chi connectivity index (χ1) is 13.3. The van der Waals surface area contributed by atoms with Gasteiger partial charge in [-0.2, -0.15) is 4.39 Å². The fraction of sp³-hybridized carbons (Fsp3) is 0.429. The van der Waals surface area contributed by atoms with E-state index in [1.54, 1.807) is 13.0 Å². The summed E-state index contributed by atoms with van der Waals surface area (Å²) in [5.41, 5.74) is -0.223. The number of fused-ring (bicyclic) bond motifs is 1. The molecule has 1 aromatic carbocycles. The maximum atomic E-state index is 14.0. The van der Waals surface area contributed by atoms with Crippen LogP contribution < -0.4 is 15.1 Å². The number of halogens is 1. The maximum Gasteiger partial charge on any atom is 0.372 e. The van der Waals surface area contributed by atoms with Crippen LogP contribution in [-0.4, -0.2) is 26.3 Å². The van der Waals surface area contributed by atoms with Gasteiger partial charge in [-0.05, 0) is 39.5 Å². The molecule has 0 N–H and O–H groups in total. The first kappa shape index (κ1) is 21.5. The normalized spacial score (nSPS) is 10.7. The van der Waals surface area contributed by atoms with Crippen LogP contribution in [0.3, 0.4) is 0 Å². The van der Waals surface area contributed by atoms with Crippen LogP contribution in [0.5, 0.6) is 11.5 Å². The second kappa shape index (κ2) is 9.92. The number of hydrogen-bond donors (Lipinski definition) is 0. The van der Waals surface area contributed by atoms with Gasteiger partial charge in [0, 0.05) is 23.3 Å². The van der Waals surface area contributed by atoms with Gasteiger partial charge in [0.25, 0.3) is 0 Å². The number of carbonyl (C=O) groups is 1. The lowest BCUT2D eigenvalue weighted by Crippen LogP contribution is -2.08. The number of carbonyl (C=O) groups excluding carboxylic acids is 1. The summed E-state index contributed by atoms with van der Waals surface area (Å²) in [6.07, 6.45) is 3.30. The van der Waals surface area contributed by atoms with Crippen molar-refractivity contribution >= 4 is 16.9 Å². The van der Waals surface area contributed by atoms with Crippen LogP contribution in [0, 0.1) is 12.7 Å². The van der Waals surface area contributed by atoms with Crippen molar-refractivity contribution in [1.82, 2.24) is 0 Å². The lowest BCUT2D eigenvalue weighted by Gasteiger charge is -2.12. The fourth-order valence-corrected chi connectivity index (χ4v) is 2.68. The minimum absolute atomic E-state index is 0.184. The zero-order valence-electron chi connectivity index (χ0n) is 16.4. The average Bonchev–Trinajstić information content (AvgIpc) is 2.67. The molecule has 28 heavy (non-hydrogen) atoms. The molecule has 6 nitrogen and oxygen atoms in total. The Bertz CT molecular complexity index is 915. The molecule has 0 saturated heterocycles. The molecule has 0 unspecified atom stereocenters. The molecule has 0 fully saturated rings. The summed E-state index contributed by atoms with van der Waals surface area (Å²) in [4.78, 5) is 22.8. The third-order valence-corrected chi connectivity index (χ3v) is 4.24. The molecule has 0 aliphatic rings. The molecule has 0 radical (unpaired) electrons. The van der Waals surface area contributed by atoms with Gasteiger partial charge < -0.3 is 18.6 Å². The van der Waals surface area contributed by atoms with E-state index in [0.717, 1.165) is 25.7 Å². The van der Waals surface area contributed by atoms with Gasteiger partial charge in [-0.15, -0.1) is 0 Å². The van der Waals surface area contributed by atoms with Crippen LogP contribution in [0.4, 0.5) is 4.39 Å². The molecule has 0 atom stereocenters. The van der Waals surface area contributed by atoms with Crippen molar-refractivity contribution in [3.8, 4) is 11.5 Å². The molecule has 0 amide bonds. The van der Waals surface area contributed by atoms with E-state index in [0.29, 0.717) is 35.7 Å². The van der Waals surface area contributed by atoms with Gasteiger partial charge in [-0.25, -0.2) is 9.59 Å². The third-order valence-electron chi connectivity index (χ3n) is 4.24. The second-order valence-electron chi connectivity index (χ2n) is 6.51. The zero-order valence-corrected chi connectivity index (χ0v) is 16.4. The van der Waals surface area contributed by atoms with Crippen LogP contribution >= 0.6 is 0 Å². The average molecular weight is 392 g/mol. The maximum absolute atomic E-state index is 14.0. The van der Waals surface area contributed by atoms with E-state index >= 15 is 0 Å². The highest BCUT2D eigenvalue weighted by atomic mass is 19.1.